The van der Waals surface area contributed by atoms with E-state index >= 15 is 0 Å². The van der Waals surface area contributed by atoms with Gasteiger partial charge in [-0.25, -0.2) is 0 Å². The smallest absolute Gasteiger partial charge is 0.193 e. The fraction of sp³-hybridized carbons (Fsp3) is 0.647. The molecule has 0 aromatic heterocycles. The van der Waals surface area contributed by atoms with Gasteiger partial charge in [0.2, 0.25) is 0 Å². The second-order valence-electron chi connectivity index (χ2n) is 6.68. The number of aliphatic hydroxyl groups is 1. The molecule has 0 aliphatic carbocycles. The molecule has 0 spiro atoms. The highest BCUT2D eigenvalue weighted by Gasteiger charge is 2.39. The minimum Gasteiger partial charge on any atom is -0.550 e. The first kappa shape index (κ1) is 20.5. The number of unbranched alkanes of at least 4 members (excludes halogenated alkanes) is 3. The van der Waals surface area contributed by atoms with Crippen molar-refractivity contribution in [1.82, 2.24) is 0 Å². The molecule has 5 heteroatoms. The van der Waals surface area contributed by atoms with Gasteiger partial charge < -0.3 is 19.5 Å². The number of carboxylic acids is 1. The van der Waals surface area contributed by atoms with Crippen LogP contribution in [-0.4, -0.2) is 54.6 Å². The molecule has 0 fully saturated rings. The highest BCUT2D eigenvalue weighted by Crippen LogP contribution is 2.16. The molecule has 0 aromatic carbocycles. The lowest BCUT2D eigenvalue weighted by Crippen LogP contribution is -2.55. The van der Waals surface area contributed by atoms with Gasteiger partial charge in [0, 0.05) is 12.4 Å². The molecule has 0 aliphatic rings. The number of quaternary nitrogens is 1. The lowest BCUT2D eigenvalue weighted by Gasteiger charge is -2.34. The summed E-state index contributed by atoms with van der Waals surface area (Å²) >= 11 is 0. The standard InChI is InChI=1S/C17H29NO4/c1-5-6-7-8-9-10-11-12-15(19)17(22,13-16(20)21)14-18(2,3)4/h9-12,22H,5-8,13-14H2,1-4H3/t17-/m1/s1. The maximum Gasteiger partial charge on any atom is 0.193 e. The topological polar surface area (TPSA) is 77.4 Å². The van der Waals surface area contributed by atoms with E-state index in [1.807, 2.05) is 6.08 Å². The van der Waals surface area contributed by atoms with Crippen LogP contribution < -0.4 is 5.11 Å². The van der Waals surface area contributed by atoms with E-state index in [9.17, 15) is 19.8 Å². The van der Waals surface area contributed by atoms with Crippen LogP contribution in [0.4, 0.5) is 0 Å². The number of allylic oxidation sites excluding steroid dienone is 3. The number of ketones is 1. The maximum atomic E-state index is 12.1. The molecule has 0 heterocycles. The van der Waals surface area contributed by atoms with Crippen molar-refractivity contribution in [1.29, 1.82) is 0 Å². The van der Waals surface area contributed by atoms with Gasteiger partial charge in [-0.1, -0.05) is 38.0 Å². The molecular formula is C17H29NO4. The highest BCUT2D eigenvalue weighted by atomic mass is 16.4. The fourth-order valence-corrected chi connectivity index (χ4v) is 2.23. The number of carboxylic acid groups (broad SMARTS) is 1. The van der Waals surface area contributed by atoms with Crippen molar-refractivity contribution in [2.24, 2.45) is 0 Å². The van der Waals surface area contributed by atoms with Gasteiger partial charge in [0.15, 0.2) is 11.4 Å². The van der Waals surface area contributed by atoms with Crippen molar-refractivity contribution >= 4 is 11.8 Å². The van der Waals surface area contributed by atoms with Crippen LogP contribution in [0.3, 0.4) is 0 Å². The van der Waals surface area contributed by atoms with E-state index in [4.69, 9.17) is 0 Å². The largest absolute Gasteiger partial charge is 0.550 e. The first-order valence-corrected chi connectivity index (χ1v) is 7.71. The SMILES string of the molecule is CCCCCC=CC=CC(=O)[C@@](O)(CC(=O)[O-])C[N+](C)(C)C. The van der Waals surface area contributed by atoms with Gasteiger partial charge in [0.05, 0.1) is 21.1 Å². The monoisotopic (exact) mass is 311 g/mol. The molecule has 0 amide bonds. The van der Waals surface area contributed by atoms with E-state index in [2.05, 4.69) is 6.92 Å². The van der Waals surface area contributed by atoms with Gasteiger partial charge in [0.25, 0.3) is 0 Å². The van der Waals surface area contributed by atoms with E-state index < -0.39 is 23.8 Å². The molecule has 0 bridgehead atoms. The Bertz CT molecular complexity index is 421. The number of nitrogens with zero attached hydrogens (tertiary/aromatic N) is 1. The van der Waals surface area contributed by atoms with Crippen LogP contribution in [0.5, 0.6) is 0 Å². The first-order chi connectivity index (χ1) is 10.1. The zero-order chi connectivity index (χ0) is 17.2. The van der Waals surface area contributed by atoms with Gasteiger partial charge in [-0.15, -0.1) is 0 Å². The third-order valence-electron chi connectivity index (χ3n) is 3.10. The minimum absolute atomic E-state index is 0.00433. The van der Waals surface area contributed by atoms with Crippen LogP contribution in [0.25, 0.3) is 0 Å². The second kappa shape index (κ2) is 9.54. The Kier molecular flexibility index (Phi) is 8.90. The number of hydrogen-bond donors (Lipinski definition) is 1. The van der Waals surface area contributed by atoms with Gasteiger partial charge >= 0.3 is 0 Å². The lowest BCUT2D eigenvalue weighted by molar-refractivity contribution is -0.875. The molecule has 0 saturated heterocycles. The summed E-state index contributed by atoms with van der Waals surface area (Å²) in [5, 5.41) is 21.2. The number of likely N-dealkylation sites (N-methyl/N-ethyl adjacent to an activating group) is 1. The summed E-state index contributed by atoms with van der Waals surface area (Å²) in [6, 6.07) is 0. The van der Waals surface area contributed by atoms with Crippen LogP contribution in [0.2, 0.25) is 0 Å². The van der Waals surface area contributed by atoms with E-state index in [-0.39, 0.29) is 11.0 Å². The van der Waals surface area contributed by atoms with Crippen molar-refractivity contribution in [2.75, 3.05) is 27.7 Å². The summed E-state index contributed by atoms with van der Waals surface area (Å²) in [6.45, 7) is 2.14. The highest BCUT2D eigenvalue weighted by molar-refractivity contribution is 5.99. The molecule has 1 N–H and O–H groups in total. The number of aliphatic carboxylic acids is 1. The quantitative estimate of drug-likeness (QED) is 0.265. The summed E-state index contributed by atoms with van der Waals surface area (Å²) in [5.74, 6) is -2.05. The maximum absolute atomic E-state index is 12.1. The summed E-state index contributed by atoms with van der Waals surface area (Å²) < 4.78 is 0.274. The molecule has 22 heavy (non-hydrogen) atoms. The van der Waals surface area contributed by atoms with E-state index in [1.165, 1.54) is 12.5 Å². The van der Waals surface area contributed by atoms with Crippen LogP contribution in [0, 0.1) is 0 Å². The fourth-order valence-electron chi connectivity index (χ4n) is 2.23. The molecule has 0 aromatic rings. The summed E-state index contributed by atoms with van der Waals surface area (Å²) in [7, 11) is 5.35. The van der Waals surface area contributed by atoms with Gasteiger partial charge in [0.1, 0.15) is 6.54 Å². The lowest BCUT2D eigenvalue weighted by atomic mass is 9.92. The normalized spacial score (nSPS) is 15.3. The minimum atomic E-state index is -1.94. The van der Waals surface area contributed by atoms with E-state index in [0.717, 1.165) is 19.3 Å². The Hall–Kier alpha value is -1.46. The average Bonchev–Trinajstić information content (AvgIpc) is 2.34. The van der Waals surface area contributed by atoms with Crippen LogP contribution >= 0.6 is 0 Å². The van der Waals surface area contributed by atoms with Crippen molar-refractivity contribution in [3.05, 3.63) is 24.3 Å². The van der Waals surface area contributed by atoms with E-state index in [0.29, 0.717) is 0 Å². The predicted octanol–water partition coefficient (Wildman–Crippen LogP) is 0.825. The van der Waals surface area contributed by atoms with Crippen molar-refractivity contribution in [3.63, 3.8) is 0 Å². The van der Waals surface area contributed by atoms with Gasteiger partial charge in [-0.3, -0.25) is 4.79 Å². The molecule has 0 aliphatic heterocycles. The molecule has 0 rings (SSSR count). The summed E-state index contributed by atoms with van der Waals surface area (Å²) in [5.41, 5.74) is -1.94. The number of rotatable bonds is 11. The van der Waals surface area contributed by atoms with Crippen molar-refractivity contribution in [3.8, 4) is 0 Å². The molecule has 5 nitrogen and oxygen atoms in total. The molecule has 126 valence electrons. The van der Waals surface area contributed by atoms with Gasteiger partial charge in [-0.2, -0.15) is 0 Å². The Morgan fingerprint density at radius 2 is 1.82 bits per heavy atom. The summed E-state index contributed by atoms with van der Waals surface area (Å²) in [6.07, 6.45) is 10.1. The number of hydrogen-bond acceptors (Lipinski definition) is 4. The Morgan fingerprint density at radius 1 is 1.18 bits per heavy atom. The Morgan fingerprint density at radius 3 is 2.32 bits per heavy atom. The third-order valence-corrected chi connectivity index (χ3v) is 3.10. The molecule has 0 unspecified atom stereocenters. The first-order valence-electron chi connectivity index (χ1n) is 7.71. The second-order valence-corrected chi connectivity index (χ2v) is 6.68. The molecule has 0 radical (unpaired) electrons. The third kappa shape index (κ3) is 9.47. The van der Waals surface area contributed by atoms with Crippen LogP contribution in [0.15, 0.2) is 24.3 Å². The average molecular weight is 311 g/mol. The summed E-state index contributed by atoms with van der Waals surface area (Å²) in [4.78, 5) is 23.0. The molecule has 1 atom stereocenters. The van der Waals surface area contributed by atoms with Gasteiger partial charge in [-0.05, 0) is 18.9 Å². The molecule has 0 saturated carbocycles. The van der Waals surface area contributed by atoms with Crippen LogP contribution in [-0.2, 0) is 9.59 Å². The van der Waals surface area contributed by atoms with Crippen LogP contribution in [0.1, 0.15) is 39.0 Å². The Labute approximate surface area is 133 Å². The zero-order valence-corrected chi connectivity index (χ0v) is 14.2. The predicted molar refractivity (Wildman–Crippen MR) is 84.9 cm³/mol. The van der Waals surface area contributed by atoms with Crippen molar-refractivity contribution in [2.45, 2.75) is 44.6 Å². The Balaban J connectivity index is 4.73. The zero-order valence-electron chi connectivity index (χ0n) is 14.2. The molecular weight excluding hydrogens is 282 g/mol. The van der Waals surface area contributed by atoms with E-state index in [1.54, 1.807) is 33.3 Å². The van der Waals surface area contributed by atoms with Crippen molar-refractivity contribution < 1.29 is 24.3 Å². The number of carbonyl (C=O) groups excluding carboxylic acids is 2. The number of carbonyl (C=O) groups is 2.